The third-order valence-corrected chi connectivity index (χ3v) is 6.69. The second kappa shape index (κ2) is 23.5. The van der Waals surface area contributed by atoms with Crippen molar-refractivity contribution in [3.8, 4) is 0 Å². The van der Waals surface area contributed by atoms with Crippen molar-refractivity contribution in [3.05, 3.63) is 0 Å². The van der Waals surface area contributed by atoms with Gasteiger partial charge in [-0.15, -0.1) is 0 Å². The molecule has 19 nitrogen and oxygen atoms in total. The molecule has 0 radical (unpaired) electrons. The van der Waals surface area contributed by atoms with Crippen LogP contribution in [0.4, 0.5) is 0 Å². The summed E-state index contributed by atoms with van der Waals surface area (Å²) in [5, 5.41) is 33.1. The lowest BCUT2D eigenvalue weighted by Crippen LogP contribution is -2.48. The van der Waals surface area contributed by atoms with Crippen LogP contribution in [0.15, 0.2) is 0 Å². The van der Waals surface area contributed by atoms with Crippen LogP contribution in [0.1, 0.15) is 25.7 Å². The fraction of sp³-hybridized carbons (Fsp3) is 0.731. The van der Waals surface area contributed by atoms with Crippen LogP contribution in [0.5, 0.6) is 0 Å². The molecule has 0 aromatic heterocycles. The molecule has 0 aromatic carbocycles. The van der Waals surface area contributed by atoms with Gasteiger partial charge in [-0.2, -0.15) is 0 Å². The van der Waals surface area contributed by atoms with Crippen molar-refractivity contribution >= 4 is 41.5 Å². The maximum atomic E-state index is 12.5. The van der Waals surface area contributed by atoms with E-state index in [1.807, 2.05) is 0 Å². The van der Waals surface area contributed by atoms with E-state index in [-0.39, 0.29) is 52.4 Å². The van der Waals surface area contributed by atoms with Gasteiger partial charge in [-0.1, -0.05) is 0 Å². The molecule has 0 aromatic rings. The lowest BCUT2D eigenvalue weighted by molar-refractivity contribution is -0.141. The minimum absolute atomic E-state index is 0.0121. The second-order valence-corrected chi connectivity index (χ2v) is 10.5. The first kappa shape index (κ1) is 41.1. The number of primary amides is 2. The summed E-state index contributed by atoms with van der Waals surface area (Å²) < 4.78 is 0. The molecule has 0 saturated heterocycles. The van der Waals surface area contributed by atoms with E-state index in [9.17, 15) is 48.9 Å². The molecule has 2 unspecified atom stereocenters. The van der Waals surface area contributed by atoms with Crippen molar-refractivity contribution in [1.82, 2.24) is 25.3 Å². The number of nitrogens with zero attached hydrogens (tertiary/aromatic N) is 3. The van der Waals surface area contributed by atoms with E-state index < -0.39 is 73.0 Å². The number of carbonyl (C=O) groups excluding carboxylic acids is 4. The minimum Gasteiger partial charge on any atom is -0.480 e. The van der Waals surface area contributed by atoms with E-state index in [2.05, 4.69) is 10.6 Å². The molecular weight excluding hydrogens is 598 g/mol. The van der Waals surface area contributed by atoms with Gasteiger partial charge in [0.2, 0.25) is 23.6 Å². The van der Waals surface area contributed by atoms with Crippen molar-refractivity contribution in [2.75, 3.05) is 85.1 Å². The summed E-state index contributed by atoms with van der Waals surface area (Å²) in [5.41, 5.74) is 21.6. The van der Waals surface area contributed by atoms with Crippen LogP contribution in [0.2, 0.25) is 0 Å². The van der Waals surface area contributed by atoms with Gasteiger partial charge in [0.15, 0.2) is 0 Å². The number of nitrogens with one attached hydrogen (secondary N) is 2. The van der Waals surface area contributed by atoms with Gasteiger partial charge in [0, 0.05) is 39.3 Å². The Morgan fingerprint density at radius 1 is 0.533 bits per heavy atom. The Hall–Kier alpha value is -3.91. The largest absolute Gasteiger partial charge is 0.480 e. The number of aliphatic carboxylic acids is 3. The molecule has 0 aliphatic heterocycles. The molecule has 0 rings (SSSR count). The van der Waals surface area contributed by atoms with Gasteiger partial charge >= 0.3 is 17.9 Å². The van der Waals surface area contributed by atoms with Gasteiger partial charge in [-0.25, -0.2) is 0 Å². The fourth-order valence-corrected chi connectivity index (χ4v) is 4.25. The van der Waals surface area contributed by atoms with E-state index >= 15 is 0 Å². The van der Waals surface area contributed by atoms with Gasteiger partial charge in [0.25, 0.3) is 0 Å². The molecular formula is C26H49N9O10. The molecule has 258 valence electrons. The quantitative estimate of drug-likeness (QED) is 0.0384. The molecule has 0 fully saturated rings. The number of carboxylic acids is 3. The maximum Gasteiger partial charge on any atom is 0.317 e. The number of nitrogens with two attached hydrogens (primary N) is 4. The van der Waals surface area contributed by atoms with Crippen molar-refractivity contribution in [2.45, 2.75) is 25.7 Å². The molecule has 4 amide bonds. The highest BCUT2D eigenvalue weighted by molar-refractivity contribution is 5.82. The number of rotatable bonds is 28. The molecule has 19 heteroatoms. The van der Waals surface area contributed by atoms with Gasteiger partial charge in [0.05, 0.1) is 44.6 Å². The summed E-state index contributed by atoms with van der Waals surface area (Å²) in [7, 11) is 0. The van der Waals surface area contributed by atoms with Gasteiger partial charge in [-0.3, -0.25) is 48.3 Å². The zero-order valence-corrected chi connectivity index (χ0v) is 25.5. The Kier molecular flexibility index (Phi) is 21.4. The van der Waals surface area contributed by atoms with Gasteiger partial charge in [0.1, 0.15) is 0 Å². The Labute approximate surface area is 261 Å². The summed E-state index contributed by atoms with van der Waals surface area (Å²) in [4.78, 5) is 86.5. The van der Waals surface area contributed by atoms with Crippen LogP contribution in [0, 0.1) is 11.8 Å². The van der Waals surface area contributed by atoms with Crippen LogP contribution < -0.4 is 33.6 Å². The average Bonchev–Trinajstić information content (AvgIpc) is 2.92. The highest BCUT2D eigenvalue weighted by Crippen LogP contribution is 2.05. The number of carbonyl (C=O) groups is 7. The van der Waals surface area contributed by atoms with E-state index in [1.54, 1.807) is 0 Å². The molecule has 13 N–H and O–H groups in total. The number of amides is 4. The first-order valence-electron chi connectivity index (χ1n) is 14.5. The summed E-state index contributed by atoms with van der Waals surface area (Å²) in [6.45, 7) is -1.83. The van der Waals surface area contributed by atoms with Crippen molar-refractivity contribution in [3.63, 3.8) is 0 Å². The van der Waals surface area contributed by atoms with Gasteiger partial charge in [-0.05, 0) is 38.8 Å². The normalized spacial score (nSPS) is 12.6. The molecule has 0 bridgehead atoms. The SMILES string of the molecule is NCCCC(CNC(=O)CN(CCN(CCN(CC(=O)O)CC(=O)NCC(CCCN)C(N)=O)CC(=O)O)CC(=O)O)C(N)=O. The number of carboxylic acid groups (broad SMARTS) is 3. The van der Waals surface area contributed by atoms with Gasteiger partial charge < -0.3 is 48.9 Å². The first-order valence-corrected chi connectivity index (χ1v) is 14.5. The monoisotopic (exact) mass is 647 g/mol. The highest BCUT2D eigenvalue weighted by atomic mass is 16.4. The third-order valence-electron chi connectivity index (χ3n) is 6.69. The van der Waals surface area contributed by atoms with Crippen molar-refractivity contribution in [1.29, 1.82) is 0 Å². The zero-order chi connectivity index (χ0) is 34.4. The van der Waals surface area contributed by atoms with E-state index in [1.165, 1.54) is 14.7 Å². The summed E-state index contributed by atoms with van der Waals surface area (Å²) in [5.74, 6) is -7.31. The molecule has 45 heavy (non-hydrogen) atoms. The molecule has 0 spiro atoms. The van der Waals surface area contributed by atoms with Crippen LogP contribution in [0.3, 0.4) is 0 Å². The molecule has 0 aliphatic rings. The Balaban J connectivity index is 5.27. The lowest BCUT2D eigenvalue weighted by atomic mass is 10.0. The first-order chi connectivity index (χ1) is 21.2. The Morgan fingerprint density at radius 3 is 1.13 bits per heavy atom. The van der Waals surface area contributed by atoms with Crippen molar-refractivity contribution in [2.24, 2.45) is 34.8 Å². The zero-order valence-electron chi connectivity index (χ0n) is 25.5. The van der Waals surface area contributed by atoms with Crippen LogP contribution >= 0.6 is 0 Å². The topological polar surface area (TPSA) is 318 Å². The predicted molar refractivity (Wildman–Crippen MR) is 160 cm³/mol. The van der Waals surface area contributed by atoms with E-state index in [0.717, 1.165) is 0 Å². The Morgan fingerprint density at radius 2 is 0.844 bits per heavy atom. The molecule has 2 atom stereocenters. The summed E-state index contributed by atoms with van der Waals surface area (Å²) in [6, 6.07) is 0. The highest BCUT2D eigenvalue weighted by Gasteiger charge is 2.22. The molecule has 0 heterocycles. The minimum atomic E-state index is -1.23. The molecule has 0 aliphatic carbocycles. The molecule has 0 saturated carbocycles. The van der Waals surface area contributed by atoms with E-state index in [0.29, 0.717) is 38.8 Å². The standard InChI is InChI=1S/C26H49N9O10/c27-5-1-3-18(25(29)44)11-31-20(36)13-34(16-23(40)41)9-7-33(15-22(38)39)8-10-35(17-24(42)43)14-21(37)32-12-19(26(30)45)4-2-6-28/h18-19H,1-17,27-28H2,(H2,29,44)(H2,30,45)(H,31,36)(H,32,37)(H,38,39)(H,40,41)(H,42,43). The third kappa shape index (κ3) is 21.4. The Bertz CT molecular complexity index is 917. The van der Waals surface area contributed by atoms with Crippen LogP contribution in [0.25, 0.3) is 0 Å². The number of hydrogen-bond acceptors (Lipinski definition) is 12. The fourth-order valence-electron chi connectivity index (χ4n) is 4.25. The van der Waals surface area contributed by atoms with E-state index in [4.69, 9.17) is 22.9 Å². The summed E-state index contributed by atoms with van der Waals surface area (Å²) in [6.07, 6.45) is 1.79. The van der Waals surface area contributed by atoms with Crippen LogP contribution in [-0.2, 0) is 33.6 Å². The second-order valence-electron chi connectivity index (χ2n) is 10.5. The van der Waals surface area contributed by atoms with Crippen molar-refractivity contribution < 1.29 is 48.9 Å². The average molecular weight is 648 g/mol. The predicted octanol–water partition coefficient (Wildman–Crippen LogP) is -4.94. The van der Waals surface area contributed by atoms with Crippen LogP contribution in [-0.4, -0.2) is 157 Å². The smallest absolute Gasteiger partial charge is 0.317 e. The summed E-state index contributed by atoms with van der Waals surface area (Å²) >= 11 is 0. The number of hydrogen-bond donors (Lipinski definition) is 9. The maximum absolute atomic E-state index is 12.5. The lowest BCUT2D eigenvalue weighted by Gasteiger charge is -2.28.